The second-order valence-electron chi connectivity index (χ2n) is 7.66. The lowest BCUT2D eigenvalue weighted by atomic mass is 10.2. The van der Waals surface area contributed by atoms with Crippen LogP contribution in [0, 0.1) is 6.92 Å². The molecule has 162 valence electrons. The van der Waals surface area contributed by atoms with Crippen molar-refractivity contribution in [2.24, 2.45) is 0 Å². The van der Waals surface area contributed by atoms with Crippen LogP contribution in [0.25, 0.3) is 0 Å². The summed E-state index contributed by atoms with van der Waals surface area (Å²) >= 11 is 3.37. The van der Waals surface area contributed by atoms with Gasteiger partial charge in [0.1, 0.15) is 6.04 Å². The minimum atomic E-state index is -3.56. The molecule has 30 heavy (non-hydrogen) atoms. The predicted molar refractivity (Wildman–Crippen MR) is 124 cm³/mol. The number of halogens is 1. The number of benzene rings is 2. The summed E-state index contributed by atoms with van der Waals surface area (Å²) in [7, 11) is -3.56. The summed E-state index contributed by atoms with van der Waals surface area (Å²) in [5, 5.41) is 5.98. The molecule has 1 aliphatic rings. The first-order valence-electron chi connectivity index (χ1n) is 10.2. The molecular weight excluding hydrogens is 466 g/mol. The Bertz CT molecular complexity index is 985. The first-order chi connectivity index (χ1) is 14.3. The van der Waals surface area contributed by atoms with Crippen molar-refractivity contribution in [3.05, 3.63) is 52.5 Å². The molecule has 1 saturated heterocycles. The molecule has 6 nitrogen and oxygen atoms in total. The number of aryl methyl sites for hydroxylation is 1. The van der Waals surface area contributed by atoms with E-state index in [-0.39, 0.29) is 5.91 Å². The number of carbonyl (C=O) groups is 1. The number of nitrogens with one attached hydrogen (secondary N) is 2. The van der Waals surface area contributed by atoms with E-state index in [0.717, 1.165) is 30.2 Å². The van der Waals surface area contributed by atoms with Gasteiger partial charge in [-0.25, -0.2) is 8.42 Å². The van der Waals surface area contributed by atoms with Crippen LogP contribution in [-0.2, 0) is 14.8 Å². The first-order valence-corrected chi connectivity index (χ1v) is 12.4. The standard InChI is InChI=1S/C22H28BrN3O3S/c1-16-7-10-20(15-21(16)30(28,29)26-13-5-3-4-6-14-26)24-17(2)22(27)25-19-11-8-18(23)9-12-19/h7-12,15,17,24H,3-6,13-14H2,1-2H3,(H,25,27)/t17-/m0/s1. The molecule has 0 spiro atoms. The van der Waals surface area contributed by atoms with E-state index in [1.54, 1.807) is 36.4 Å². The third kappa shape index (κ3) is 5.62. The smallest absolute Gasteiger partial charge is 0.246 e. The Morgan fingerprint density at radius 2 is 1.60 bits per heavy atom. The lowest BCUT2D eigenvalue weighted by Gasteiger charge is -2.22. The Hall–Kier alpha value is -1.90. The van der Waals surface area contributed by atoms with E-state index >= 15 is 0 Å². The van der Waals surface area contributed by atoms with Crippen LogP contribution in [0.15, 0.2) is 51.8 Å². The van der Waals surface area contributed by atoms with Gasteiger partial charge in [-0.05, 0) is 68.7 Å². The SMILES string of the molecule is Cc1ccc(N[C@@H](C)C(=O)Nc2ccc(Br)cc2)cc1S(=O)(=O)N1CCCCCC1. The average molecular weight is 494 g/mol. The second-order valence-corrected chi connectivity index (χ2v) is 10.5. The van der Waals surface area contributed by atoms with Gasteiger partial charge in [-0.3, -0.25) is 4.79 Å². The number of hydrogen-bond acceptors (Lipinski definition) is 4. The number of anilines is 2. The quantitative estimate of drug-likeness (QED) is 0.607. The zero-order chi connectivity index (χ0) is 21.7. The van der Waals surface area contributed by atoms with Crippen LogP contribution in [0.4, 0.5) is 11.4 Å². The Kier molecular flexibility index (Phi) is 7.55. The second kappa shape index (κ2) is 9.94. The molecule has 8 heteroatoms. The highest BCUT2D eigenvalue weighted by Gasteiger charge is 2.27. The van der Waals surface area contributed by atoms with Gasteiger partial charge < -0.3 is 10.6 Å². The molecule has 1 amide bonds. The van der Waals surface area contributed by atoms with E-state index in [9.17, 15) is 13.2 Å². The van der Waals surface area contributed by atoms with Gasteiger partial charge in [0, 0.05) is 28.9 Å². The molecule has 0 unspecified atom stereocenters. The molecule has 0 aliphatic carbocycles. The van der Waals surface area contributed by atoms with Gasteiger partial charge in [0.15, 0.2) is 0 Å². The number of sulfonamides is 1. The first kappa shape index (κ1) is 22.8. The molecule has 3 rings (SSSR count). The summed E-state index contributed by atoms with van der Waals surface area (Å²) in [6, 6.07) is 12.0. The van der Waals surface area contributed by atoms with Crippen molar-refractivity contribution in [2.45, 2.75) is 50.5 Å². The molecule has 0 radical (unpaired) electrons. The summed E-state index contributed by atoms with van der Waals surface area (Å²) in [6.45, 7) is 4.67. The normalized spacial score (nSPS) is 16.5. The number of rotatable bonds is 6. The van der Waals surface area contributed by atoms with E-state index in [0.29, 0.717) is 34.9 Å². The zero-order valence-corrected chi connectivity index (χ0v) is 19.7. The van der Waals surface area contributed by atoms with E-state index in [2.05, 4.69) is 26.6 Å². The largest absolute Gasteiger partial charge is 0.374 e. The number of nitrogens with zero attached hydrogens (tertiary/aromatic N) is 1. The summed E-state index contributed by atoms with van der Waals surface area (Å²) in [6.07, 6.45) is 3.92. The van der Waals surface area contributed by atoms with Crippen LogP contribution >= 0.6 is 15.9 Å². The zero-order valence-electron chi connectivity index (χ0n) is 17.3. The van der Waals surface area contributed by atoms with Crippen LogP contribution in [-0.4, -0.2) is 37.8 Å². The summed E-state index contributed by atoms with van der Waals surface area (Å²) in [5.41, 5.74) is 2.01. The topological polar surface area (TPSA) is 78.5 Å². The maximum absolute atomic E-state index is 13.2. The molecule has 1 aliphatic heterocycles. The van der Waals surface area contributed by atoms with Gasteiger partial charge >= 0.3 is 0 Å². The van der Waals surface area contributed by atoms with E-state index in [1.165, 1.54) is 0 Å². The van der Waals surface area contributed by atoms with Crippen molar-refractivity contribution in [1.29, 1.82) is 0 Å². The summed E-state index contributed by atoms with van der Waals surface area (Å²) in [4.78, 5) is 12.8. The molecule has 2 N–H and O–H groups in total. The fourth-order valence-corrected chi connectivity index (χ4v) is 5.52. The number of carbonyl (C=O) groups excluding carboxylic acids is 1. The third-order valence-electron chi connectivity index (χ3n) is 5.26. The highest BCUT2D eigenvalue weighted by molar-refractivity contribution is 9.10. The van der Waals surface area contributed by atoms with E-state index in [1.807, 2.05) is 24.3 Å². The van der Waals surface area contributed by atoms with Crippen molar-refractivity contribution >= 4 is 43.2 Å². The predicted octanol–water partition coefficient (Wildman–Crippen LogP) is 4.76. The van der Waals surface area contributed by atoms with Crippen molar-refractivity contribution in [2.75, 3.05) is 23.7 Å². The van der Waals surface area contributed by atoms with Crippen LogP contribution in [0.2, 0.25) is 0 Å². The molecule has 1 fully saturated rings. The molecule has 1 atom stereocenters. The Labute approximate surface area is 187 Å². The maximum Gasteiger partial charge on any atom is 0.246 e. The van der Waals surface area contributed by atoms with Crippen LogP contribution in [0.3, 0.4) is 0 Å². The monoisotopic (exact) mass is 493 g/mol. The maximum atomic E-state index is 13.2. The van der Waals surface area contributed by atoms with Crippen LogP contribution < -0.4 is 10.6 Å². The van der Waals surface area contributed by atoms with Crippen molar-refractivity contribution in [3.8, 4) is 0 Å². The summed E-state index contributed by atoms with van der Waals surface area (Å²) < 4.78 is 29.0. The minimum Gasteiger partial charge on any atom is -0.374 e. The minimum absolute atomic E-state index is 0.199. The molecule has 2 aromatic carbocycles. The Morgan fingerprint density at radius 3 is 2.23 bits per heavy atom. The highest BCUT2D eigenvalue weighted by atomic mass is 79.9. The molecule has 0 bridgehead atoms. The summed E-state index contributed by atoms with van der Waals surface area (Å²) in [5.74, 6) is -0.199. The molecule has 1 heterocycles. The lowest BCUT2D eigenvalue weighted by molar-refractivity contribution is -0.116. The average Bonchev–Trinajstić information content (AvgIpc) is 3.01. The van der Waals surface area contributed by atoms with Crippen molar-refractivity contribution < 1.29 is 13.2 Å². The number of amides is 1. The molecular formula is C22H28BrN3O3S. The van der Waals surface area contributed by atoms with Gasteiger partial charge in [-0.2, -0.15) is 4.31 Å². The lowest BCUT2D eigenvalue weighted by Crippen LogP contribution is -2.33. The highest BCUT2D eigenvalue weighted by Crippen LogP contribution is 2.26. The van der Waals surface area contributed by atoms with Gasteiger partial charge in [0.25, 0.3) is 0 Å². The van der Waals surface area contributed by atoms with Crippen LogP contribution in [0.1, 0.15) is 38.2 Å². The Balaban J connectivity index is 1.74. The third-order valence-corrected chi connectivity index (χ3v) is 7.83. The molecule has 0 aromatic heterocycles. The van der Waals surface area contributed by atoms with Gasteiger partial charge in [0.2, 0.25) is 15.9 Å². The number of hydrogen-bond donors (Lipinski definition) is 2. The fraction of sp³-hybridized carbons (Fsp3) is 0.409. The molecule has 0 saturated carbocycles. The van der Waals surface area contributed by atoms with Gasteiger partial charge in [-0.15, -0.1) is 0 Å². The van der Waals surface area contributed by atoms with Crippen LogP contribution in [0.5, 0.6) is 0 Å². The van der Waals surface area contributed by atoms with E-state index < -0.39 is 16.1 Å². The van der Waals surface area contributed by atoms with Gasteiger partial charge in [0.05, 0.1) is 4.90 Å². The fourth-order valence-electron chi connectivity index (χ4n) is 3.49. The molecule has 2 aromatic rings. The van der Waals surface area contributed by atoms with Crippen molar-refractivity contribution in [3.63, 3.8) is 0 Å². The Morgan fingerprint density at radius 1 is 1.00 bits per heavy atom. The van der Waals surface area contributed by atoms with Gasteiger partial charge in [-0.1, -0.05) is 34.8 Å². The van der Waals surface area contributed by atoms with Crippen molar-refractivity contribution in [1.82, 2.24) is 4.31 Å². The van der Waals surface area contributed by atoms with E-state index in [4.69, 9.17) is 0 Å².